The average Bonchev–Trinajstić information content (AvgIpc) is 3.22. The van der Waals surface area contributed by atoms with Crippen molar-refractivity contribution in [2.45, 2.75) is 25.4 Å². The van der Waals surface area contributed by atoms with Gasteiger partial charge in [-0.3, -0.25) is 4.90 Å². The van der Waals surface area contributed by atoms with Gasteiger partial charge in [0.2, 0.25) is 0 Å². The number of nitrogens with one attached hydrogen (secondary N) is 1. The molecule has 0 bridgehead atoms. The monoisotopic (exact) mass is 443 g/mol. The second-order valence-corrected chi connectivity index (χ2v) is 8.26. The molecule has 2 aromatic carbocycles. The van der Waals surface area contributed by atoms with E-state index in [0.29, 0.717) is 0 Å². The Morgan fingerprint density at radius 1 is 0.938 bits per heavy atom. The topological polar surface area (TPSA) is 46.0 Å². The van der Waals surface area contributed by atoms with Crippen LogP contribution in [0.2, 0.25) is 0 Å². The van der Waals surface area contributed by atoms with Gasteiger partial charge < -0.3 is 5.32 Å². The molecule has 0 unspecified atom stereocenters. The maximum Gasteiger partial charge on any atom is 0.130 e. The molecular formula is C26H29N5S. The van der Waals surface area contributed by atoms with Crippen molar-refractivity contribution in [1.29, 1.82) is 0 Å². The zero-order valence-electron chi connectivity index (χ0n) is 18.8. The second kappa shape index (κ2) is 10.5. The first kappa shape index (κ1) is 22.1. The molecule has 0 aliphatic rings. The number of nitrogens with zero attached hydrogens (tertiary/aromatic N) is 4. The fourth-order valence-corrected chi connectivity index (χ4v) is 4.38. The normalized spacial score (nSPS) is 11.1. The van der Waals surface area contributed by atoms with Crippen molar-refractivity contribution in [1.82, 2.24) is 19.7 Å². The molecule has 0 amide bonds. The van der Waals surface area contributed by atoms with Crippen LogP contribution in [0.4, 0.5) is 11.5 Å². The van der Waals surface area contributed by atoms with Crippen LogP contribution >= 0.6 is 11.8 Å². The Hall–Kier alpha value is -3.09. The van der Waals surface area contributed by atoms with E-state index in [1.807, 2.05) is 42.6 Å². The van der Waals surface area contributed by atoms with Gasteiger partial charge in [0, 0.05) is 24.0 Å². The molecule has 5 nitrogen and oxygen atoms in total. The molecule has 1 N–H and O–H groups in total. The minimum Gasteiger partial charge on any atom is -0.340 e. The number of aromatic nitrogens is 3. The van der Waals surface area contributed by atoms with Gasteiger partial charge in [-0.05, 0) is 61.3 Å². The van der Waals surface area contributed by atoms with Crippen molar-refractivity contribution >= 4 is 23.3 Å². The zero-order valence-corrected chi connectivity index (χ0v) is 19.6. The summed E-state index contributed by atoms with van der Waals surface area (Å²) in [4.78, 5) is 6.97. The lowest BCUT2D eigenvalue weighted by Gasteiger charge is -2.20. The highest BCUT2D eigenvalue weighted by molar-refractivity contribution is 7.98. The van der Waals surface area contributed by atoms with Crippen molar-refractivity contribution < 1.29 is 0 Å². The van der Waals surface area contributed by atoms with E-state index in [2.05, 4.69) is 76.4 Å². The lowest BCUT2D eigenvalue weighted by molar-refractivity contribution is 0.290. The van der Waals surface area contributed by atoms with Crippen molar-refractivity contribution in [2.24, 2.45) is 0 Å². The third-order valence-electron chi connectivity index (χ3n) is 5.51. The third kappa shape index (κ3) is 4.87. The van der Waals surface area contributed by atoms with Gasteiger partial charge in [0.1, 0.15) is 10.8 Å². The standard InChI is InChI=1S/C26H29N5S/c1-4-30(5-2)19-23-25(26(32-3)29-31(23)22-14-10-7-11-15-22)20-16-17-27-24(18-20)28-21-12-8-6-9-13-21/h6-18H,4-5,19H2,1-3H3,(H,27,28). The van der Waals surface area contributed by atoms with Gasteiger partial charge in [-0.1, -0.05) is 50.2 Å². The first-order valence-electron chi connectivity index (χ1n) is 11.0. The van der Waals surface area contributed by atoms with Crippen molar-refractivity contribution in [3.8, 4) is 16.8 Å². The molecule has 32 heavy (non-hydrogen) atoms. The molecule has 2 aromatic heterocycles. The number of thioether (sulfide) groups is 1. The maximum absolute atomic E-state index is 5.02. The van der Waals surface area contributed by atoms with Crippen molar-refractivity contribution in [2.75, 3.05) is 24.7 Å². The molecule has 0 radical (unpaired) electrons. The van der Waals surface area contributed by atoms with Crippen LogP contribution in [-0.4, -0.2) is 39.0 Å². The smallest absolute Gasteiger partial charge is 0.130 e. The Balaban J connectivity index is 1.82. The van der Waals surface area contributed by atoms with E-state index in [4.69, 9.17) is 5.10 Å². The molecule has 4 rings (SSSR count). The van der Waals surface area contributed by atoms with Gasteiger partial charge in [0.15, 0.2) is 0 Å². The van der Waals surface area contributed by atoms with E-state index in [9.17, 15) is 0 Å². The highest BCUT2D eigenvalue weighted by Gasteiger charge is 2.22. The Labute approximate surface area is 194 Å². The summed E-state index contributed by atoms with van der Waals surface area (Å²) in [5.74, 6) is 0.821. The minimum absolute atomic E-state index is 0.821. The number of rotatable bonds is 9. The van der Waals surface area contributed by atoms with Crippen LogP contribution in [-0.2, 0) is 6.54 Å². The number of benzene rings is 2. The van der Waals surface area contributed by atoms with E-state index >= 15 is 0 Å². The summed E-state index contributed by atoms with van der Waals surface area (Å²) in [6, 6.07) is 24.7. The largest absolute Gasteiger partial charge is 0.340 e. The molecule has 0 saturated heterocycles. The second-order valence-electron chi connectivity index (χ2n) is 7.46. The molecule has 0 saturated carbocycles. The van der Waals surface area contributed by atoms with Crippen LogP contribution in [0.1, 0.15) is 19.5 Å². The fraction of sp³-hybridized carbons (Fsp3) is 0.231. The minimum atomic E-state index is 0.821. The van der Waals surface area contributed by atoms with Crippen LogP contribution in [0.15, 0.2) is 84.0 Å². The molecular weight excluding hydrogens is 414 g/mol. The summed E-state index contributed by atoms with van der Waals surface area (Å²) in [6.45, 7) is 7.21. The Kier molecular flexibility index (Phi) is 7.24. The third-order valence-corrected chi connectivity index (χ3v) is 6.18. The molecule has 2 heterocycles. The Morgan fingerprint density at radius 3 is 2.28 bits per heavy atom. The first-order valence-corrected chi connectivity index (χ1v) is 12.2. The van der Waals surface area contributed by atoms with Gasteiger partial charge in [0.25, 0.3) is 0 Å². The molecule has 0 spiro atoms. The predicted molar refractivity (Wildman–Crippen MR) is 135 cm³/mol. The van der Waals surface area contributed by atoms with Crippen molar-refractivity contribution in [3.63, 3.8) is 0 Å². The van der Waals surface area contributed by atoms with Crippen LogP contribution in [0.25, 0.3) is 16.8 Å². The van der Waals surface area contributed by atoms with Gasteiger partial charge in [-0.2, -0.15) is 5.10 Å². The van der Waals surface area contributed by atoms with E-state index in [-0.39, 0.29) is 0 Å². The fourth-order valence-electron chi connectivity index (χ4n) is 3.78. The molecule has 0 aliphatic carbocycles. The molecule has 6 heteroatoms. The van der Waals surface area contributed by atoms with Crippen LogP contribution in [0, 0.1) is 0 Å². The lowest BCUT2D eigenvalue weighted by atomic mass is 10.1. The summed E-state index contributed by atoms with van der Waals surface area (Å²) >= 11 is 1.68. The first-order chi connectivity index (χ1) is 15.7. The number of para-hydroxylation sites is 2. The van der Waals surface area contributed by atoms with E-state index < -0.39 is 0 Å². The molecule has 0 fully saturated rings. The molecule has 164 valence electrons. The molecule has 0 aliphatic heterocycles. The lowest BCUT2D eigenvalue weighted by Crippen LogP contribution is -2.24. The van der Waals surface area contributed by atoms with E-state index in [1.165, 1.54) is 11.3 Å². The number of hydrogen-bond acceptors (Lipinski definition) is 5. The van der Waals surface area contributed by atoms with Gasteiger partial charge >= 0.3 is 0 Å². The predicted octanol–water partition coefficient (Wildman–Crippen LogP) is 6.24. The number of hydrogen-bond donors (Lipinski definition) is 1. The number of pyridine rings is 1. The summed E-state index contributed by atoms with van der Waals surface area (Å²) in [6.07, 6.45) is 3.96. The van der Waals surface area contributed by atoms with Crippen molar-refractivity contribution in [3.05, 3.63) is 84.7 Å². The quantitative estimate of drug-likeness (QED) is 0.310. The average molecular weight is 444 g/mol. The highest BCUT2D eigenvalue weighted by atomic mass is 32.2. The SMILES string of the molecule is CCN(CC)Cc1c(-c2ccnc(Nc3ccccc3)c2)c(SC)nn1-c1ccccc1. The maximum atomic E-state index is 5.02. The van der Waals surface area contributed by atoms with Crippen LogP contribution < -0.4 is 5.32 Å². The van der Waals surface area contributed by atoms with E-state index in [0.717, 1.165) is 47.4 Å². The van der Waals surface area contributed by atoms with Crippen LogP contribution in [0.3, 0.4) is 0 Å². The van der Waals surface area contributed by atoms with Gasteiger partial charge in [-0.15, -0.1) is 11.8 Å². The summed E-state index contributed by atoms with van der Waals surface area (Å²) in [5.41, 5.74) is 5.58. The van der Waals surface area contributed by atoms with Gasteiger partial charge in [-0.25, -0.2) is 9.67 Å². The Morgan fingerprint density at radius 2 is 1.62 bits per heavy atom. The summed E-state index contributed by atoms with van der Waals surface area (Å²) in [5, 5.41) is 9.46. The molecule has 0 atom stereocenters. The van der Waals surface area contributed by atoms with E-state index in [1.54, 1.807) is 11.8 Å². The molecule has 4 aromatic rings. The zero-order chi connectivity index (χ0) is 22.3. The number of anilines is 2. The highest BCUT2D eigenvalue weighted by Crippen LogP contribution is 2.36. The van der Waals surface area contributed by atoms with Gasteiger partial charge in [0.05, 0.1) is 11.4 Å². The Bertz CT molecular complexity index is 1140. The summed E-state index contributed by atoms with van der Waals surface area (Å²) < 4.78 is 2.10. The van der Waals surface area contributed by atoms with Crippen LogP contribution in [0.5, 0.6) is 0 Å². The summed E-state index contributed by atoms with van der Waals surface area (Å²) in [7, 11) is 0.